The molecule has 0 spiro atoms. The van der Waals surface area contributed by atoms with Gasteiger partial charge in [-0.2, -0.15) is 0 Å². The van der Waals surface area contributed by atoms with Crippen molar-refractivity contribution in [1.82, 2.24) is 0 Å². The number of nitrogens with two attached hydrogens (primary N) is 1. The molecule has 4 heteroatoms. The molecule has 0 radical (unpaired) electrons. The van der Waals surface area contributed by atoms with Crippen LogP contribution >= 0.6 is 15.9 Å². The first-order valence-electron chi connectivity index (χ1n) is 5.91. The molecular weight excluding hydrogens is 304 g/mol. The first kappa shape index (κ1) is 13.6. The smallest absolute Gasteiger partial charge is 0.257 e. The predicted molar refractivity (Wildman–Crippen MR) is 82.4 cm³/mol. The topological polar surface area (TPSA) is 55.1 Å². The van der Waals surface area contributed by atoms with Gasteiger partial charge in [0.25, 0.3) is 5.91 Å². The standard InChI is InChI=1S/C15H15BrN2O/c1-9-6-7-13(17)11(8-9)15(19)18-14-5-3-4-12(16)10(14)2/h3-8H,17H2,1-2H3,(H,18,19). The first-order chi connectivity index (χ1) is 8.99. The highest BCUT2D eigenvalue weighted by Crippen LogP contribution is 2.24. The molecule has 98 valence electrons. The Balaban J connectivity index is 2.31. The number of hydrogen-bond donors (Lipinski definition) is 2. The largest absolute Gasteiger partial charge is 0.398 e. The van der Waals surface area contributed by atoms with Crippen molar-refractivity contribution in [2.75, 3.05) is 11.1 Å². The quantitative estimate of drug-likeness (QED) is 0.825. The summed E-state index contributed by atoms with van der Waals surface area (Å²) in [5.41, 5.74) is 9.59. The fourth-order valence-electron chi connectivity index (χ4n) is 1.80. The van der Waals surface area contributed by atoms with E-state index in [9.17, 15) is 4.79 Å². The predicted octanol–water partition coefficient (Wildman–Crippen LogP) is 3.90. The fraction of sp³-hybridized carbons (Fsp3) is 0.133. The lowest BCUT2D eigenvalue weighted by atomic mass is 10.1. The summed E-state index contributed by atoms with van der Waals surface area (Å²) < 4.78 is 0.961. The van der Waals surface area contributed by atoms with Crippen molar-refractivity contribution in [1.29, 1.82) is 0 Å². The zero-order valence-electron chi connectivity index (χ0n) is 10.8. The van der Waals surface area contributed by atoms with E-state index in [0.717, 1.165) is 21.3 Å². The average molecular weight is 319 g/mol. The van der Waals surface area contributed by atoms with Crippen LogP contribution in [0, 0.1) is 13.8 Å². The first-order valence-corrected chi connectivity index (χ1v) is 6.71. The minimum absolute atomic E-state index is 0.192. The van der Waals surface area contributed by atoms with Gasteiger partial charge in [0.05, 0.1) is 5.56 Å². The van der Waals surface area contributed by atoms with Gasteiger partial charge in [0.2, 0.25) is 0 Å². The minimum Gasteiger partial charge on any atom is -0.398 e. The van der Waals surface area contributed by atoms with Crippen molar-refractivity contribution in [3.8, 4) is 0 Å². The van der Waals surface area contributed by atoms with E-state index in [-0.39, 0.29) is 5.91 Å². The van der Waals surface area contributed by atoms with Crippen LogP contribution in [0.2, 0.25) is 0 Å². The van der Waals surface area contributed by atoms with E-state index in [1.807, 2.05) is 38.1 Å². The second-order valence-corrected chi connectivity index (χ2v) is 5.31. The van der Waals surface area contributed by atoms with Crippen molar-refractivity contribution in [2.45, 2.75) is 13.8 Å². The molecule has 0 saturated heterocycles. The van der Waals surface area contributed by atoms with E-state index in [1.54, 1.807) is 12.1 Å². The molecule has 2 aromatic rings. The number of nitrogen functional groups attached to an aromatic ring is 1. The van der Waals surface area contributed by atoms with Crippen LogP contribution in [-0.2, 0) is 0 Å². The maximum Gasteiger partial charge on any atom is 0.257 e. The van der Waals surface area contributed by atoms with Gasteiger partial charge in [-0.25, -0.2) is 0 Å². The molecule has 0 atom stereocenters. The van der Waals surface area contributed by atoms with Gasteiger partial charge in [0, 0.05) is 15.8 Å². The lowest BCUT2D eigenvalue weighted by molar-refractivity contribution is 0.102. The molecule has 0 saturated carbocycles. The monoisotopic (exact) mass is 318 g/mol. The van der Waals surface area contributed by atoms with Gasteiger partial charge in [-0.05, 0) is 43.7 Å². The molecule has 0 fully saturated rings. The summed E-state index contributed by atoms with van der Waals surface area (Å²) in [6.07, 6.45) is 0. The van der Waals surface area contributed by atoms with Crippen molar-refractivity contribution in [3.05, 3.63) is 57.6 Å². The van der Waals surface area contributed by atoms with Crippen molar-refractivity contribution in [2.24, 2.45) is 0 Å². The Kier molecular flexibility index (Phi) is 3.90. The van der Waals surface area contributed by atoms with Crippen LogP contribution in [0.4, 0.5) is 11.4 Å². The highest BCUT2D eigenvalue weighted by molar-refractivity contribution is 9.10. The zero-order chi connectivity index (χ0) is 14.0. The molecule has 2 rings (SSSR count). The van der Waals surface area contributed by atoms with Crippen LogP contribution in [0.1, 0.15) is 21.5 Å². The van der Waals surface area contributed by atoms with Crippen molar-refractivity contribution >= 4 is 33.2 Å². The van der Waals surface area contributed by atoms with Crippen LogP contribution in [-0.4, -0.2) is 5.91 Å². The zero-order valence-corrected chi connectivity index (χ0v) is 12.4. The van der Waals surface area contributed by atoms with E-state index in [2.05, 4.69) is 21.2 Å². The van der Waals surface area contributed by atoms with Crippen molar-refractivity contribution < 1.29 is 4.79 Å². The number of carbonyl (C=O) groups is 1. The molecule has 0 bridgehead atoms. The lowest BCUT2D eigenvalue weighted by Gasteiger charge is -2.11. The van der Waals surface area contributed by atoms with E-state index in [0.29, 0.717) is 11.3 Å². The molecule has 19 heavy (non-hydrogen) atoms. The normalized spacial score (nSPS) is 10.3. The van der Waals surface area contributed by atoms with Crippen molar-refractivity contribution in [3.63, 3.8) is 0 Å². The molecule has 3 nitrogen and oxygen atoms in total. The highest BCUT2D eigenvalue weighted by atomic mass is 79.9. The Hall–Kier alpha value is -1.81. The number of carbonyl (C=O) groups excluding carboxylic acids is 1. The maximum absolute atomic E-state index is 12.2. The Morgan fingerprint density at radius 3 is 2.68 bits per heavy atom. The molecule has 1 amide bonds. The molecule has 0 aromatic heterocycles. The molecule has 2 aromatic carbocycles. The minimum atomic E-state index is -0.192. The van der Waals surface area contributed by atoms with Gasteiger partial charge >= 0.3 is 0 Å². The highest BCUT2D eigenvalue weighted by Gasteiger charge is 2.11. The second-order valence-electron chi connectivity index (χ2n) is 4.46. The third-order valence-electron chi connectivity index (χ3n) is 2.97. The summed E-state index contributed by atoms with van der Waals surface area (Å²) >= 11 is 3.44. The second kappa shape index (κ2) is 5.45. The summed E-state index contributed by atoms with van der Waals surface area (Å²) in [5, 5.41) is 2.89. The fourth-order valence-corrected chi connectivity index (χ4v) is 2.17. The molecule has 0 unspecified atom stereocenters. The number of anilines is 2. The maximum atomic E-state index is 12.2. The number of aryl methyl sites for hydroxylation is 1. The molecule has 0 aliphatic heterocycles. The van der Waals surface area contributed by atoms with Gasteiger partial charge in [-0.15, -0.1) is 0 Å². The Labute approximate surface area is 121 Å². The molecule has 0 aliphatic carbocycles. The van der Waals surface area contributed by atoms with E-state index >= 15 is 0 Å². The van der Waals surface area contributed by atoms with E-state index in [1.165, 1.54) is 0 Å². The third-order valence-corrected chi connectivity index (χ3v) is 3.83. The number of rotatable bonds is 2. The van der Waals surface area contributed by atoms with Crippen LogP contribution in [0.3, 0.4) is 0 Å². The molecule has 3 N–H and O–H groups in total. The van der Waals surface area contributed by atoms with Gasteiger partial charge in [0.15, 0.2) is 0 Å². The third kappa shape index (κ3) is 2.96. The Morgan fingerprint density at radius 2 is 1.95 bits per heavy atom. The van der Waals surface area contributed by atoms with Crippen LogP contribution in [0.25, 0.3) is 0 Å². The summed E-state index contributed by atoms with van der Waals surface area (Å²) in [7, 11) is 0. The summed E-state index contributed by atoms with van der Waals surface area (Å²) in [4.78, 5) is 12.2. The lowest BCUT2D eigenvalue weighted by Crippen LogP contribution is -2.15. The van der Waals surface area contributed by atoms with E-state index < -0.39 is 0 Å². The molecule has 0 heterocycles. The summed E-state index contributed by atoms with van der Waals surface area (Å²) in [6, 6.07) is 11.1. The van der Waals surface area contributed by atoms with Gasteiger partial charge in [-0.3, -0.25) is 4.79 Å². The van der Waals surface area contributed by atoms with Crippen LogP contribution in [0.5, 0.6) is 0 Å². The van der Waals surface area contributed by atoms with Gasteiger partial charge in [-0.1, -0.05) is 33.6 Å². The van der Waals surface area contributed by atoms with Crippen LogP contribution < -0.4 is 11.1 Å². The number of halogens is 1. The summed E-state index contributed by atoms with van der Waals surface area (Å²) in [5.74, 6) is -0.192. The molecule has 0 aliphatic rings. The van der Waals surface area contributed by atoms with E-state index in [4.69, 9.17) is 5.73 Å². The number of amides is 1. The Bertz CT molecular complexity index is 638. The van der Waals surface area contributed by atoms with Gasteiger partial charge < -0.3 is 11.1 Å². The van der Waals surface area contributed by atoms with Gasteiger partial charge in [0.1, 0.15) is 0 Å². The Morgan fingerprint density at radius 1 is 1.21 bits per heavy atom. The SMILES string of the molecule is Cc1ccc(N)c(C(=O)Nc2cccc(Br)c2C)c1. The number of nitrogens with one attached hydrogen (secondary N) is 1. The van der Waals surface area contributed by atoms with Crippen LogP contribution in [0.15, 0.2) is 40.9 Å². The molecular formula is C15H15BrN2O. The average Bonchev–Trinajstić information content (AvgIpc) is 2.38. The number of hydrogen-bond acceptors (Lipinski definition) is 2. The number of benzene rings is 2. The summed E-state index contributed by atoms with van der Waals surface area (Å²) in [6.45, 7) is 3.87.